The molecule has 0 radical (unpaired) electrons. The van der Waals surface area contributed by atoms with E-state index in [4.69, 9.17) is 10.5 Å². The summed E-state index contributed by atoms with van der Waals surface area (Å²) in [7, 11) is 0. The van der Waals surface area contributed by atoms with Crippen LogP contribution in [0.2, 0.25) is 0 Å². The zero-order valence-corrected chi connectivity index (χ0v) is 13.4. The maximum atomic E-state index is 11.7. The van der Waals surface area contributed by atoms with Crippen LogP contribution in [-0.4, -0.2) is 30.6 Å². The van der Waals surface area contributed by atoms with Gasteiger partial charge in [-0.1, -0.05) is 0 Å². The fourth-order valence-corrected chi connectivity index (χ4v) is 3.19. The molecule has 122 valence electrons. The Bertz CT molecular complexity index is 484. The number of hydrogen-bond acceptors (Lipinski definition) is 5. The molecule has 2 fully saturated rings. The SMILES string of the molecule is CCOC(=O)C(N)=C1CCCC1=NCCC1CCC(=O)CC1. The average molecular weight is 306 g/mol. The molecule has 0 spiro atoms. The molecule has 2 N–H and O–H groups in total. The van der Waals surface area contributed by atoms with Gasteiger partial charge in [-0.15, -0.1) is 0 Å². The van der Waals surface area contributed by atoms with Gasteiger partial charge >= 0.3 is 5.97 Å². The molecular weight excluding hydrogens is 280 g/mol. The Morgan fingerprint density at radius 3 is 2.68 bits per heavy atom. The molecule has 0 amide bonds. The van der Waals surface area contributed by atoms with E-state index in [0.717, 1.165) is 69.2 Å². The molecule has 5 nitrogen and oxygen atoms in total. The highest BCUT2D eigenvalue weighted by Gasteiger charge is 2.23. The highest BCUT2D eigenvalue weighted by atomic mass is 16.5. The van der Waals surface area contributed by atoms with Crippen LogP contribution < -0.4 is 5.73 Å². The fraction of sp³-hybridized carbons (Fsp3) is 0.706. The van der Waals surface area contributed by atoms with Crippen LogP contribution in [0.1, 0.15) is 58.3 Å². The molecule has 0 unspecified atom stereocenters. The first-order valence-electron chi connectivity index (χ1n) is 8.33. The number of hydrogen-bond donors (Lipinski definition) is 1. The van der Waals surface area contributed by atoms with Crippen molar-refractivity contribution in [3.05, 3.63) is 11.3 Å². The van der Waals surface area contributed by atoms with Gasteiger partial charge in [-0.3, -0.25) is 9.79 Å². The lowest BCUT2D eigenvalue weighted by Gasteiger charge is -2.19. The van der Waals surface area contributed by atoms with Gasteiger partial charge in [0.05, 0.1) is 6.61 Å². The number of ketones is 1. The molecule has 5 heteroatoms. The topological polar surface area (TPSA) is 81.8 Å². The summed E-state index contributed by atoms with van der Waals surface area (Å²) in [6.45, 7) is 2.86. The van der Waals surface area contributed by atoms with Gasteiger partial charge in [-0.05, 0) is 51.4 Å². The number of carbonyl (C=O) groups excluding carboxylic acids is 2. The molecular formula is C17H26N2O3. The van der Waals surface area contributed by atoms with Crippen molar-refractivity contribution < 1.29 is 14.3 Å². The van der Waals surface area contributed by atoms with Gasteiger partial charge in [0, 0.05) is 30.7 Å². The van der Waals surface area contributed by atoms with Crippen molar-refractivity contribution in [2.75, 3.05) is 13.2 Å². The first-order chi connectivity index (χ1) is 10.6. The van der Waals surface area contributed by atoms with E-state index >= 15 is 0 Å². The molecule has 22 heavy (non-hydrogen) atoms. The van der Waals surface area contributed by atoms with Crippen LogP contribution >= 0.6 is 0 Å². The van der Waals surface area contributed by atoms with E-state index in [0.29, 0.717) is 18.3 Å². The zero-order chi connectivity index (χ0) is 15.9. The second-order valence-corrected chi connectivity index (χ2v) is 6.07. The molecule has 2 aliphatic rings. The summed E-state index contributed by atoms with van der Waals surface area (Å²) in [6.07, 6.45) is 7.15. The highest BCUT2D eigenvalue weighted by Crippen LogP contribution is 2.26. The lowest BCUT2D eigenvalue weighted by molar-refractivity contribution is -0.138. The number of rotatable bonds is 5. The highest BCUT2D eigenvalue weighted by molar-refractivity contribution is 6.07. The van der Waals surface area contributed by atoms with Crippen molar-refractivity contribution in [3.8, 4) is 0 Å². The summed E-state index contributed by atoms with van der Waals surface area (Å²) in [6, 6.07) is 0. The maximum Gasteiger partial charge on any atom is 0.354 e. The van der Waals surface area contributed by atoms with Crippen LogP contribution in [0.4, 0.5) is 0 Å². The summed E-state index contributed by atoms with van der Waals surface area (Å²) in [5.74, 6) is 0.571. The van der Waals surface area contributed by atoms with E-state index in [1.807, 2.05) is 0 Å². The number of allylic oxidation sites excluding steroid dienone is 1. The molecule has 2 aliphatic carbocycles. The molecule has 0 aromatic heterocycles. The normalized spacial score (nSPS) is 23.9. The van der Waals surface area contributed by atoms with Gasteiger partial charge in [-0.2, -0.15) is 0 Å². The Morgan fingerprint density at radius 1 is 1.27 bits per heavy atom. The lowest BCUT2D eigenvalue weighted by Crippen LogP contribution is -2.19. The van der Waals surface area contributed by atoms with E-state index in [1.54, 1.807) is 6.92 Å². The number of carbonyl (C=O) groups is 2. The first-order valence-corrected chi connectivity index (χ1v) is 8.33. The quantitative estimate of drug-likeness (QED) is 0.625. The van der Waals surface area contributed by atoms with E-state index in [9.17, 15) is 9.59 Å². The van der Waals surface area contributed by atoms with Crippen molar-refractivity contribution in [1.82, 2.24) is 0 Å². The van der Waals surface area contributed by atoms with Gasteiger partial charge in [0.1, 0.15) is 11.5 Å². The molecule has 0 atom stereocenters. The number of nitrogens with two attached hydrogens (primary N) is 1. The van der Waals surface area contributed by atoms with E-state index < -0.39 is 5.97 Å². The number of nitrogens with zero attached hydrogens (tertiary/aromatic N) is 1. The minimum atomic E-state index is -0.433. The monoisotopic (exact) mass is 306 g/mol. The smallest absolute Gasteiger partial charge is 0.354 e. The lowest BCUT2D eigenvalue weighted by atomic mass is 9.86. The summed E-state index contributed by atoms with van der Waals surface area (Å²) in [5.41, 5.74) is 7.98. The van der Waals surface area contributed by atoms with E-state index in [1.165, 1.54) is 0 Å². The average Bonchev–Trinajstić information content (AvgIpc) is 2.97. The molecule has 2 rings (SSSR count). The van der Waals surface area contributed by atoms with Gasteiger partial charge < -0.3 is 10.5 Å². The van der Waals surface area contributed by atoms with Crippen LogP contribution in [-0.2, 0) is 14.3 Å². The summed E-state index contributed by atoms with van der Waals surface area (Å²) in [4.78, 5) is 27.6. The van der Waals surface area contributed by atoms with Gasteiger partial charge in [0.25, 0.3) is 0 Å². The van der Waals surface area contributed by atoms with Crippen LogP contribution in [0.25, 0.3) is 0 Å². The van der Waals surface area contributed by atoms with Crippen molar-refractivity contribution in [1.29, 1.82) is 0 Å². The fourth-order valence-electron chi connectivity index (χ4n) is 3.19. The van der Waals surface area contributed by atoms with Crippen molar-refractivity contribution in [2.24, 2.45) is 16.6 Å². The third-order valence-electron chi connectivity index (χ3n) is 4.51. The first kappa shape index (κ1) is 16.7. The Balaban J connectivity index is 1.91. The molecule has 0 bridgehead atoms. The minimum absolute atomic E-state index is 0.223. The van der Waals surface area contributed by atoms with Crippen LogP contribution in [0, 0.1) is 5.92 Å². The number of Topliss-reactive ketones (excluding diaryl/α,β-unsaturated/α-hetero) is 1. The Kier molecular flexibility index (Phi) is 6.16. The number of ether oxygens (including phenoxy) is 1. The molecule has 0 aromatic rings. The summed E-state index contributed by atoms with van der Waals surface area (Å²) < 4.78 is 4.97. The van der Waals surface area contributed by atoms with Crippen molar-refractivity contribution >= 4 is 17.5 Å². The number of aliphatic imine (C=N–C) groups is 1. The maximum absolute atomic E-state index is 11.7. The van der Waals surface area contributed by atoms with Crippen molar-refractivity contribution in [2.45, 2.75) is 58.3 Å². The predicted molar refractivity (Wildman–Crippen MR) is 85.6 cm³/mol. The van der Waals surface area contributed by atoms with Crippen LogP contribution in [0.15, 0.2) is 16.3 Å². The standard InChI is InChI=1S/C17H26N2O3/c1-2-22-17(21)16(18)14-4-3-5-15(14)19-11-10-12-6-8-13(20)9-7-12/h12H,2-11,18H2,1H3. The Morgan fingerprint density at radius 2 is 2.00 bits per heavy atom. The number of esters is 1. The second-order valence-electron chi connectivity index (χ2n) is 6.07. The second kappa shape index (κ2) is 8.11. The van der Waals surface area contributed by atoms with Crippen molar-refractivity contribution in [3.63, 3.8) is 0 Å². The van der Waals surface area contributed by atoms with E-state index in [2.05, 4.69) is 4.99 Å². The molecule has 0 heterocycles. The largest absolute Gasteiger partial charge is 0.461 e. The third-order valence-corrected chi connectivity index (χ3v) is 4.51. The van der Waals surface area contributed by atoms with Gasteiger partial charge in [0.2, 0.25) is 0 Å². The predicted octanol–water partition coefficient (Wildman–Crippen LogP) is 2.54. The van der Waals surface area contributed by atoms with E-state index in [-0.39, 0.29) is 5.70 Å². The molecule has 2 saturated carbocycles. The Hall–Kier alpha value is -1.65. The minimum Gasteiger partial charge on any atom is -0.461 e. The van der Waals surface area contributed by atoms with Gasteiger partial charge in [0.15, 0.2) is 0 Å². The molecule has 0 saturated heterocycles. The summed E-state index contributed by atoms with van der Waals surface area (Å²) >= 11 is 0. The Labute approximate surface area is 132 Å². The molecule has 0 aliphatic heterocycles. The molecule has 0 aromatic carbocycles. The summed E-state index contributed by atoms with van der Waals surface area (Å²) in [5, 5.41) is 0. The van der Waals surface area contributed by atoms with Crippen LogP contribution in [0.5, 0.6) is 0 Å². The third kappa shape index (κ3) is 4.42. The van der Waals surface area contributed by atoms with Crippen LogP contribution in [0.3, 0.4) is 0 Å². The zero-order valence-electron chi connectivity index (χ0n) is 13.4. The van der Waals surface area contributed by atoms with Gasteiger partial charge in [-0.25, -0.2) is 4.79 Å².